The van der Waals surface area contributed by atoms with Crippen molar-refractivity contribution in [3.8, 4) is 5.75 Å². The van der Waals surface area contributed by atoms with Crippen molar-refractivity contribution in [2.45, 2.75) is 44.9 Å². The first kappa shape index (κ1) is 10.8. The number of Topliss-reactive ketones (excluding diaryl/α,β-unsaturated/α-hetero) is 1. The number of carbonyl (C=O) groups excluding carboxylic acids is 1. The minimum atomic E-state index is -0.279. The van der Waals surface area contributed by atoms with Crippen LogP contribution in [0.2, 0.25) is 0 Å². The number of rotatable bonds is 0. The maximum Gasteiger partial charge on any atom is 0.139 e. The van der Waals surface area contributed by atoms with E-state index in [1.807, 2.05) is 6.07 Å². The third-order valence-corrected chi connectivity index (χ3v) is 5.26. The molecule has 3 rings (SSSR count). The molecule has 2 nitrogen and oxygen atoms in total. The van der Waals surface area contributed by atoms with Crippen LogP contribution in [0.4, 0.5) is 0 Å². The van der Waals surface area contributed by atoms with Crippen LogP contribution >= 0.6 is 0 Å². The van der Waals surface area contributed by atoms with Gasteiger partial charge < -0.3 is 5.11 Å². The van der Waals surface area contributed by atoms with Crippen LogP contribution < -0.4 is 0 Å². The van der Waals surface area contributed by atoms with Gasteiger partial charge in [0.1, 0.15) is 11.5 Å². The fourth-order valence-corrected chi connectivity index (χ4v) is 3.86. The molecule has 0 aromatic heterocycles. The van der Waals surface area contributed by atoms with E-state index in [9.17, 15) is 9.90 Å². The van der Waals surface area contributed by atoms with Crippen LogP contribution in [0.15, 0.2) is 18.2 Å². The van der Waals surface area contributed by atoms with Gasteiger partial charge in [0.2, 0.25) is 0 Å². The Kier molecular flexibility index (Phi) is 1.99. The Bertz CT molecular complexity index is 506. The number of phenols is 1. The normalized spacial score (nSPS) is 35.5. The minimum Gasteiger partial charge on any atom is -0.508 e. The average Bonchev–Trinajstić information content (AvgIpc) is 2.53. The first-order valence-corrected chi connectivity index (χ1v) is 6.34. The molecule has 0 bridgehead atoms. The van der Waals surface area contributed by atoms with E-state index in [4.69, 9.17) is 0 Å². The Morgan fingerprint density at radius 2 is 1.82 bits per heavy atom. The summed E-state index contributed by atoms with van der Waals surface area (Å²) in [6.07, 6.45) is 3.34. The molecule has 0 spiro atoms. The summed E-state index contributed by atoms with van der Waals surface area (Å²) in [5, 5.41) is 10.2. The Morgan fingerprint density at radius 1 is 1.12 bits per heavy atom. The molecular weight excluding hydrogens is 212 g/mol. The van der Waals surface area contributed by atoms with E-state index >= 15 is 0 Å². The Labute approximate surface area is 102 Å². The molecule has 2 aliphatic carbocycles. The highest BCUT2D eigenvalue weighted by atomic mass is 16.3. The number of carbonyl (C=O) groups is 1. The van der Waals surface area contributed by atoms with Gasteiger partial charge in [0, 0.05) is 22.8 Å². The molecule has 2 heteroatoms. The molecule has 0 amide bonds. The lowest BCUT2D eigenvalue weighted by atomic mass is 9.57. The molecule has 90 valence electrons. The molecule has 1 aromatic carbocycles. The molecule has 1 N–H and O–H groups in total. The van der Waals surface area contributed by atoms with E-state index < -0.39 is 0 Å². The van der Waals surface area contributed by atoms with Crippen molar-refractivity contribution in [2.75, 3.05) is 0 Å². The predicted molar refractivity (Wildman–Crippen MR) is 66.1 cm³/mol. The molecule has 17 heavy (non-hydrogen) atoms. The molecule has 0 heterocycles. The van der Waals surface area contributed by atoms with Gasteiger partial charge in [-0.3, -0.25) is 4.79 Å². The zero-order valence-corrected chi connectivity index (χ0v) is 10.4. The van der Waals surface area contributed by atoms with Crippen molar-refractivity contribution in [2.24, 2.45) is 5.41 Å². The van der Waals surface area contributed by atoms with Crippen molar-refractivity contribution < 1.29 is 9.90 Å². The predicted octanol–water partition coefficient (Wildman–Crippen LogP) is 2.97. The van der Waals surface area contributed by atoms with E-state index in [1.54, 1.807) is 6.07 Å². The second kappa shape index (κ2) is 3.12. The number of ketones is 1. The van der Waals surface area contributed by atoms with Crippen molar-refractivity contribution in [3.05, 3.63) is 29.3 Å². The quantitative estimate of drug-likeness (QED) is 0.744. The van der Waals surface area contributed by atoms with Crippen LogP contribution in [0.1, 0.15) is 44.2 Å². The maximum absolute atomic E-state index is 12.2. The minimum absolute atomic E-state index is 0.178. The largest absolute Gasteiger partial charge is 0.508 e. The van der Waals surface area contributed by atoms with Gasteiger partial charge in [-0.1, -0.05) is 26.0 Å². The summed E-state index contributed by atoms with van der Waals surface area (Å²) in [7, 11) is 0. The van der Waals surface area contributed by atoms with E-state index in [2.05, 4.69) is 19.9 Å². The SMILES string of the molecule is CC12CCc3cccc(O)c3C1(C)CCC2=O. The maximum atomic E-state index is 12.2. The molecule has 2 unspecified atom stereocenters. The van der Waals surface area contributed by atoms with Crippen molar-refractivity contribution >= 4 is 5.78 Å². The van der Waals surface area contributed by atoms with Crippen LogP contribution in [0.25, 0.3) is 0 Å². The van der Waals surface area contributed by atoms with Crippen molar-refractivity contribution in [1.82, 2.24) is 0 Å². The summed E-state index contributed by atoms with van der Waals surface area (Å²) < 4.78 is 0. The highest BCUT2D eigenvalue weighted by molar-refractivity contribution is 5.90. The van der Waals surface area contributed by atoms with Gasteiger partial charge in [0.05, 0.1) is 0 Å². The van der Waals surface area contributed by atoms with Crippen LogP contribution in [0.3, 0.4) is 0 Å². The second-order valence-electron chi connectivity index (χ2n) is 5.90. The fourth-order valence-electron chi connectivity index (χ4n) is 3.86. The van der Waals surface area contributed by atoms with Crippen molar-refractivity contribution in [1.29, 1.82) is 0 Å². The van der Waals surface area contributed by atoms with Gasteiger partial charge in [-0.15, -0.1) is 0 Å². The van der Waals surface area contributed by atoms with Gasteiger partial charge in [0.15, 0.2) is 0 Å². The second-order valence-corrected chi connectivity index (χ2v) is 5.90. The number of aryl methyl sites for hydroxylation is 1. The molecule has 0 saturated heterocycles. The zero-order chi connectivity index (χ0) is 12.3. The number of hydrogen-bond acceptors (Lipinski definition) is 2. The first-order chi connectivity index (χ1) is 7.99. The van der Waals surface area contributed by atoms with Gasteiger partial charge >= 0.3 is 0 Å². The van der Waals surface area contributed by atoms with Gasteiger partial charge in [-0.2, -0.15) is 0 Å². The Hall–Kier alpha value is -1.31. The standard InChI is InChI=1S/C15H18O2/c1-14-8-6-10-4-3-5-11(16)13(10)15(14,2)9-7-12(14)17/h3-5,16H,6-9H2,1-2H3. The number of fused-ring (bicyclic) bond motifs is 3. The van der Waals surface area contributed by atoms with Crippen molar-refractivity contribution in [3.63, 3.8) is 0 Å². The van der Waals surface area contributed by atoms with Crippen LogP contribution in [0, 0.1) is 5.41 Å². The number of hydrogen-bond donors (Lipinski definition) is 1. The molecule has 2 atom stereocenters. The van der Waals surface area contributed by atoms with Gasteiger partial charge in [-0.05, 0) is 30.9 Å². The third-order valence-electron chi connectivity index (χ3n) is 5.26. The fraction of sp³-hybridized carbons (Fsp3) is 0.533. The molecule has 1 saturated carbocycles. The highest BCUT2D eigenvalue weighted by Gasteiger charge is 2.58. The molecule has 0 radical (unpaired) electrons. The van der Waals surface area contributed by atoms with E-state index in [1.165, 1.54) is 5.56 Å². The summed E-state index contributed by atoms with van der Waals surface area (Å²) in [5.41, 5.74) is 1.79. The van der Waals surface area contributed by atoms with Crippen LogP contribution in [0.5, 0.6) is 5.75 Å². The Morgan fingerprint density at radius 3 is 2.59 bits per heavy atom. The van der Waals surface area contributed by atoms with E-state index in [0.29, 0.717) is 18.0 Å². The topological polar surface area (TPSA) is 37.3 Å². The molecule has 0 aliphatic heterocycles. The molecular formula is C15H18O2. The van der Waals surface area contributed by atoms with Gasteiger partial charge in [0.25, 0.3) is 0 Å². The lowest BCUT2D eigenvalue weighted by molar-refractivity contribution is -0.127. The zero-order valence-electron chi connectivity index (χ0n) is 10.4. The Balaban J connectivity index is 2.27. The smallest absolute Gasteiger partial charge is 0.139 e. The lowest BCUT2D eigenvalue weighted by Crippen LogP contribution is -2.44. The lowest BCUT2D eigenvalue weighted by Gasteiger charge is -2.45. The third kappa shape index (κ3) is 1.13. The molecule has 1 aromatic rings. The number of aromatic hydroxyl groups is 1. The summed E-state index contributed by atoms with van der Waals surface area (Å²) in [6.45, 7) is 4.23. The molecule has 1 fully saturated rings. The number of benzene rings is 1. The van der Waals surface area contributed by atoms with Crippen LogP contribution in [-0.4, -0.2) is 10.9 Å². The number of phenolic OH excluding ortho intramolecular Hbond substituents is 1. The summed E-state index contributed by atoms with van der Waals surface area (Å²) in [5.74, 6) is 0.736. The highest BCUT2D eigenvalue weighted by Crippen LogP contribution is 2.59. The summed E-state index contributed by atoms with van der Waals surface area (Å²) >= 11 is 0. The summed E-state index contributed by atoms with van der Waals surface area (Å²) in [4.78, 5) is 12.2. The van der Waals surface area contributed by atoms with Gasteiger partial charge in [-0.25, -0.2) is 0 Å². The monoisotopic (exact) mass is 230 g/mol. The molecule has 2 aliphatic rings. The van der Waals surface area contributed by atoms with E-state index in [-0.39, 0.29) is 10.8 Å². The summed E-state index contributed by atoms with van der Waals surface area (Å²) in [6, 6.07) is 5.73. The van der Waals surface area contributed by atoms with Crippen LogP contribution in [-0.2, 0) is 16.6 Å². The van der Waals surface area contributed by atoms with E-state index in [0.717, 1.165) is 24.8 Å². The first-order valence-electron chi connectivity index (χ1n) is 6.34. The average molecular weight is 230 g/mol.